The van der Waals surface area contributed by atoms with E-state index in [2.05, 4.69) is 16.0 Å². The highest BCUT2D eigenvalue weighted by Crippen LogP contribution is 2.13. The van der Waals surface area contributed by atoms with Gasteiger partial charge in [0.2, 0.25) is 5.91 Å². The minimum absolute atomic E-state index is 0.0881. The molecule has 27 heavy (non-hydrogen) atoms. The van der Waals surface area contributed by atoms with Crippen molar-refractivity contribution >= 4 is 17.6 Å². The number of ether oxygens (including phenoxy) is 1. The van der Waals surface area contributed by atoms with Crippen LogP contribution in [-0.4, -0.2) is 24.6 Å². The molecule has 1 heterocycles. The summed E-state index contributed by atoms with van der Waals surface area (Å²) >= 11 is 0. The minimum Gasteiger partial charge on any atom is -0.368 e. The molecule has 0 aliphatic carbocycles. The van der Waals surface area contributed by atoms with E-state index in [1.54, 1.807) is 24.3 Å². The predicted molar refractivity (Wildman–Crippen MR) is 99.5 cm³/mol. The maximum absolute atomic E-state index is 12.9. The Labute approximate surface area is 157 Å². The number of hydrogen-bond donors (Lipinski definition) is 3. The third-order valence-corrected chi connectivity index (χ3v) is 4.27. The van der Waals surface area contributed by atoms with Crippen LogP contribution in [0, 0.1) is 5.82 Å². The highest BCUT2D eigenvalue weighted by molar-refractivity contribution is 5.89. The van der Waals surface area contributed by atoms with Gasteiger partial charge in [0.25, 0.3) is 0 Å². The van der Waals surface area contributed by atoms with Crippen molar-refractivity contribution in [3.05, 3.63) is 65.5 Å². The van der Waals surface area contributed by atoms with Crippen molar-refractivity contribution in [1.29, 1.82) is 0 Å². The highest BCUT2D eigenvalue weighted by Gasteiger charge is 2.22. The molecule has 0 radical (unpaired) electrons. The molecule has 2 aromatic rings. The van der Waals surface area contributed by atoms with Crippen LogP contribution in [0.15, 0.2) is 48.5 Å². The van der Waals surface area contributed by atoms with Crippen molar-refractivity contribution in [2.45, 2.75) is 32.0 Å². The van der Waals surface area contributed by atoms with Gasteiger partial charge < -0.3 is 20.7 Å². The third-order valence-electron chi connectivity index (χ3n) is 4.27. The summed E-state index contributed by atoms with van der Waals surface area (Å²) < 4.78 is 18.2. The lowest BCUT2D eigenvalue weighted by Gasteiger charge is -2.11. The van der Waals surface area contributed by atoms with Crippen LogP contribution in [0.25, 0.3) is 0 Å². The molecule has 6 nitrogen and oxygen atoms in total. The molecule has 0 aromatic heterocycles. The Balaban J connectivity index is 1.42. The van der Waals surface area contributed by atoms with Crippen molar-refractivity contribution in [3.63, 3.8) is 0 Å². The Morgan fingerprint density at radius 1 is 0.963 bits per heavy atom. The van der Waals surface area contributed by atoms with E-state index >= 15 is 0 Å². The number of anilines is 1. The number of halogens is 1. The van der Waals surface area contributed by atoms with Crippen LogP contribution >= 0.6 is 0 Å². The van der Waals surface area contributed by atoms with Crippen LogP contribution < -0.4 is 16.0 Å². The Morgan fingerprint density at radius 3 is 2.22 bits per heavy atom. The first-order valence-electron chi connectivity index (χ1n) is 8.88. The summed E-state index contributed by atoms with van der Waals surface area (Å²) in [7, 11) is 0. The molecule has 0 bridgehead atoms. The molecule has 1 aliphatic rings. The van der Waals surface area contributed by atoms with Gasteiger partial charge in [-0.25, -0.2) is 9.18 Å². The van der Waals surface area contributed by atoms with E-state index in [0.717, 1.165) is 24.0 Å². The van der Waals surface area contributed by atoms with Gasteiger partial charge in [-0.15, -0.1) is 0 Å². The van der Waals surface area contributed by atoms with Gasteiger partial charge in [-0.2, -0.15) is 0 Å². The molecular weight excluding hydrogens is 349 g/mol. The summed E-state index contributed by atoms with van der Waals surface area (Å²) in [6.45, 7) is 1.36. The van der Waals surface area contributed by atoms with Gasteiger partial charge in [0.15, 0.2) is 0 Å². The van der Waals surface area contributed by atoms with E-state index in [1.165, 1.54) is 12.1 Å². The molecule has 142 valence electrons. The predicted octanol–water partition coefficient (Wildman–Crippen LogP) is 2.94. The molecular formula is C20H22FN3O3. The lowest BCUT2D eigenvalue weighted by molar-refractivity contribution is -0.130. The Morgan fingerprint density at radius 2 is 1.59 bits per heavy atom. The number of nitrogens with one attached hydrogen (secondary N) is 3. The van der Waals surface area contributed by atoms with Crippen molar-refractivity contribution in [3.8, 4) is 0 Å². The summed E-state index contributed by atoms with van der Waals surface area (Å²) in [5.41, 5.74) is 2.38. The van der Waals surface area contributed by atoms with Gasteiger partial charge in [-0.3, -0.25) is 4.79 Å². The number of benzene rings is 2. The number of amides is 3. The van der Waals surface area contributed by atoms with Crippen LogP contribution in [0.3, 0.4) is 0 Å². The maximum Gasteiger partial charge on any atom is 0.319 e. The molecule has 7 heteroatoms. The zero-order chi connectivity index (χ0) is 19.1. The molecule has 3 rings (SSSR count). The van der Waals surface area contributed by atoms with Crippen LogP contribution in [0.5, 0.6) is 0 Å². The van der Waals surface area contributed by atoms with Crippen LogP contribution in [0.1, 0.15) is 24.0 Å². The molecule has 0 unspecified atom stereocenters. The van der Waals surface area contributed by atoms with Crippen LogP contribution in [-0.2, 0) is 22.6 Å². The lowest BCUT2D eigenvalue weighted by Crippen LogP contribution is -2.33. The zero-order valence-electron chi connectivity index (χ0n) is 14.8. The number of carbonyl (C=O) groups is 2. The largest absolute Gasteiger partial charge is 0.368 e. The topological polar surface area (TPSA) is 79.5 Å². The standard InChI is InChI=1S/C20H22FN3O3/c21-16-7-3-14(4-8-16)13-23-20(26)24-17-9-5-15(6-10-17)12-22-19(25)18-2-1-11-27-18/h3-10,18H,1-2,11-13H2,(H,22,25)(H2,23,24,26)/t18-/m0/s1. The van der Waals surface area contributed by atoms with Crippen molar-refractivity contribution in [2.75, 3.05) is 11.9 Å². The van der Waals surface area contributed by atoms with E-state index in [1.807, 2.05) is 12.1 Å². The fraction of sp³-hybridized carbons (Fsp3) is 0.300. The van der Waals surface area contributed by atoms with Gasteiger partial charge in [0.1, 0.15) is 11.9 Å². The molecule has 0 saturated carbocycles. The van der Waals surface area contributed by atoms with Crippen molar-refractivity contribution in [2.24, 2.45) is 0 Å². The molecule has 1 atom stereocenters. The van der Waals surface area contributed by atoms with Gasteiger partial charge >= 0.3 is 6.03 Å². The average Bonchev–Trinajstić information content (AvgIpc) is 3.22. The fourth-order valence-electron chi connectivity index (χ4n) is 2.75. The third kappa shape index (κ3) is 5.79. The molecule has 1 fully saturated rings. The van der Waals surface area contributed by atoms with Crippen molar-refractivity contribution < 1.29 is 18.7 Å². The summed E-state index contributed by atoms with van der Waals surface area (Å²) in [4.78, 5) is 23.8. The molecule has 1 aliphatic heterocycles. The second-order valence-corrected chi connectivity index (χ2v) is 6.35. The number of rotatable bonds is 6. The molecule has 3 amide bonds. The second-order valence-electron chi connectivity index (χ2n) is 6.35. The SMILES string of the molecule is O=C(NCc1ccc(F)cc1)Nc1ccc(CNC(=O)[C@@H]2CCCO2)cc1. The van der Waals surface area contributed by atoms with E-state index in [9.17, 15) is 14.0 Å². The summed E-state index contributed by atoms with van der Waals surface area (Å²) in [5, 5.41) is 8.29. The molecule has 2 aromatic carbocycles. The normalized spacial score (nSPS) is 16.0. The number of carbonyl (C=O) groups excluding carboxylic acids is 2. The summed E-state index contributed by atoms with van der Waals surface area (Å²) in [6, 6.07) is 12.8. The number of hydrogen-bond acceptors (Lipinski definition) is 3. The molecule has 1 saturated heterocycles. The number of urea groups is 1. The minimum atomic E-state index is -0.348. The fourth-order valence-corrected chi connectivity index (χ4v) is 2.75. The van der Waals surface area contributed by atoms with Gasteiger partial charge in [-0.05, 0) is 48.2 Å². The van der Waals surface area contributed by atoms with Gasteiger partial charge in [0.05, 0.1) is 0 Å². The Hall–Kier alpha value is -2.93. The lowest BCUT2D eigenvalue weighted by atomic mass is 10.2. The zero-order valence-corrected chi connectivity index (χ0v) is 14.8. The first-order valence-corrected chi connectivity index (χ1v) is 8.88. The maximum atomic E-state index is 12.9. The Kier molecular flexibility index (Phi) is 6.38. The molecule has 3 N–H and O–H groups in total. The second kappa shape index (κ2) is 9.14. The molecule has 0 spiro atoms. The summed E-state index contributed by atoms with van der Waals surface area (Å²) in [5.74, 6) is -0.398. The average molecular weight is 371 g/mol. The smallest absolute Gasteiger partial charge is 0.319 e. The van der Waals surface area contributed by atoms with E-state index in [-0.39, 0.29) is 23.9 Å². The quantitative estimate of drug-likeness (QED) is 0.730. The Bertz CT molecular complexity index is 772. The monoisotopic (exact) mass is 371 g/mol. The van der Waals surface area contributed by atoms with Crippen molar-refractivity contribution in [1.82, 2.24) is 10.6 Å². The van der Waals surface area contributed by atoms with E-state index < -0.39 is 0 Å². The first kappa shape index (κ1) is 18.8. The summed E-state index contributed by atoms with van der Waals surface area (Å²) in [6.07, 6.45) is 1.35. The first-order chi connectivity index (χ1) is 13.1. The van der Waals surface area contributed by atoms with E-state index in [4.69, 9.17) is 4.74 Å². The van der Waals surface area contributed by atoms with Crippen LogP contribution in [0.2, 0.25) is 0 Å². The van der Waals surface area contributed by atoms with Gasteiger partial charge in [-0.1, -0.05) is 24.3 Å². The van der Waals surface area contributed by atoms with Gasteiger partial charge in [0, 0.05) is 25.4 Å². The van der Waals surface area contributed by atoms with E-state index in [0.29, 0.717) is 25.4 Å². The highest BCUT2D eigenvalue weighted by atomic mass is 19.1. The van der Waals surface area contributed by atoms with Crippen LogP contribution in [0.4, 0.5) is 14.9 Å².